The molecule has 2 heterocycles. The van der Waals surface area contributed by atoms with Crippen LogP contribution in [-0.2, 0) is 0 Å². The second-order valence-corrected chi connectivity index (χ2v) is 8.71. The molecule has 146 valence electrons. The number of nitrogens with one attached hydrogen (secondary N) is 3. The van der Waals surface area contributed by atoms with Crippen molar-refractivity contribution in [1.82, 2.24) is 20.9 Å². The Bertz CT molecular complexity index is 721. The third kappa shape index (κ3) is 4.30. The molecule has 2 aliphatic heterocycles. The van der Waals surface area contributed by atoms with Crippen LogP contribution in [0, 0.1) is 0 Å². The average Bonchev–Trinajstić information content (AvgIpc) is 2.77. The van der Waals surface area contributed by atoms with Crippen molar-refractivity contribution in [2.24, 2.45) is 0 Å². The Morgan fingerprint density at radius 3 is 2.11 bits per heavy atom. The van der Waals surface area contributed by atoms with Gasteiger partial charge in [0.05, 0.1) is 11.1 Å². The van der Waals surface area contributed by atoms with Gasteiger partial charge in [0, 0.05) is 30.2 Å². The fraction of sp³-hybridized carbons (Fsp3) is 0.550. The Balaban J connectivity index is 1.49. The third-order valence-electron chi connectivity index (χ3n) is 5.02. The first kappa shape index (κ1) is 19.4. The van der Waals surface area contributed by atoms with Crippen LogP contribution in [0.2, 0.25) is 0 Å². The number of carbonyl (C=O) groups excluding carboxylic acids is 3. The molecule has 7 nitrogen and oxygen atoms in total. The number of nitrogens with zero attached hydrogens (tertiary/aromatic N) is 1. The summed E-state index contributed by atoms with van der Waals surface area (Å²) in [5, 5.41) is 9.36. The summed E-state index contributed by atoms with van der Waals surface area (Å²) in [5.74, 6) is -0.612. The summed E-state index contributed by atoms with van der Waals surface area (Å²) >= 11 is 0. The number of imide groups is 1. The van der Waals surface area contributed by atoms with E-state index in [9.17, 15) is 14.4 Å². The second-order valence-electron chi connectivity index (χ2n) is 8.71. The highest BCUT2D eigenvalue weighted by molar-refractivity contribution is 6.21. The van der Waals surface area contributed by atoms with Crippen molar-refractivity contribution in [1.29, 1.82) is 0 Å². The van der Waals surface area contributed by atoms with Crippen molar-refractivity contribution in [3.63, 3.8) is 0 Å². The SMILES string of the molecule is CC1(C)CC(NC(=O)NCCN2C(=O)c3ccccc3C2=O)CC(C)(C)N1. The van der Waals surface area contributed by atoms with Crippen LogP contribution in [0.5, 0.6) is 0 Å². The minimum atomic E-state index is -0.306. The Kier molecular flexibility index (Phi) is 4.99. The zero-order chi connectivity index (χ0) is 19.8. The molecule has 1 fully saturated rings. The summed E-state index contributed by atoms with van der Waals surface area (Å²) in [4.78, 5) is 38.1. The number of hydrogen-bond acceptors (Lipinski definition) is 4. The van der Waals surface area contributed by atoms with E-state index in [-0.39, 0.29) is 48.1 Å². The fourth-order valence-electron chi connectivity index (χ4n) is 4.38. The number of amides is 4. The summed E-state index contributed by atoms with van der Waals surface area (Å²) in [6.07, 6.45) is 1.67. The molecule has 0 atom stereocenters. The highest BCUT2D eigenvalue weighted by Crippen LogP contribution is 2.28. The van der Waals surface area contributed by atoms with E-state index in [1.54, 1.807) is 24.3 Å². The van der Waals surface area contributed by atoms with Crippen molar-refractivity contribution in [3.05, 3.63) is 35.4 Å². The standard InChI is InChI=1S/C20H28N4O3/c1-19(2)11-13(12-20(3,4)23-19)22-18(27)21-9-10-24-16(25)14-7-5-6-8-15(14)17(24)26/h5-8,13,23H,9-12H2,1-4H3,(H2,21,22,27). The molecule has 3 N–H and O–H groups in total. The lowest BCUT2D eigenvalue weighted by Gasteiger charge is -2.46. The molecule has 4 amide bonds. The van der Waals surface area contributed by atoms with Crippen molar-refractivity contribution in [2.75, 3.05) is 13.1 Å². The summed E-state index contributed by atoms with van der Waals surface area (Å²) in [5.41, 5.74) is 0.733. The maximum atomic E-state index is 12.3. The molecule has 0 radical (unpaired) electrons. The zero-order valence-electron chi connectivity index (χ0n) is 16.4. The van der Waals surface area contributed by atoms with Gasteiger partial charge in [0.2, 0.25) is 0 Å². The van der Waals surface area contributed by atoms with E-state index in [4.69, 9.17) is 0 Å². The highest BCUT2D eigenvalue weighted by atomic mass is 16.2. The molecule has 3 rings (SSSR count). The lowest BCUT2D eigenvalue weighted by Crippen LogP contribution is -2.62. The summed E-state index contributed by atoms with van der Waals surface area (Å²) < 4.78 is 0. The van der Waals surface area contributed by atoms with Gasteiger partial charge in [0.15, 0.2) is 0 Å². The second kappa shape index (κ2) is 6.96. The average molecular weight is 372 g/mol. The van der Waals surface area contributed by atoms with Crippen LogP contribution < -0.4 is 16.0 Å². The predicted octanol–water partition coefficient (Wildman–Crippen LogP) is 1.89. The molecular formula is C20H28N4O3. The normalized spacial score (nSPS) is 21.1. The zero-order valence-corrected chi connectivity index (χ0v) is 16.4. The molecule has 0 unspecified atom stereocenters. The number of rotatable bonds is 4. The van der Waals surface area contributed by atoms with Gasteiger partial charge in [-0.2, -0.15) is 0 Å². The topological polar surface area (TPSA) is 90.5 Å². The lowest BCUT2D eigenvalue weighted by molar-refractivity contribution is 0.0655. The van der Waals surface area contributed by atoms with Gasteiger partial charge in [0.25, 0.3) is 11.8 Å². The molecule has 0 spiro atoms. The molecule has 1 aromatic rings. The van der Waals surface area contributed by atoms with Crippen molar-refractivity contribution in [2.45, 2.75) is 57.7 Å². The number of carbonyl (C=O) groups is 3. The maximum absolute atomic E-state index is 12.3. The van der Waals surface area contributed by atoms with Crippen LogP contribution in [0.3, 0.4) is 0 Å². The molecule has 0 bridgehead atoms. The smallest absolute Gasteiger partial charge is 0.315 e. The molecule has 2 aliphatic rings. The van der Waals surface area contributed by atoms with Gasteiger partial charge in [-0.1, -0.05) is 12.1 Å². The van der Waals surface area contributed by atoms with Crippen LogP contribution in [-0.4, -0.2) is 53.0 Å². The molecule has 27 heavy (non-hydrogen) atoms. The number of hydrogen-bond donors (Lipinski definition) is 3. The molecule has 7 heteroatoms. The first-order valence-electron chi connectivity index (χ1n) is 9.37. The highest BCUT2D eigenvalue weighted by Gasteiger charge is 2.38. The van der Waals surface area contributed by atoms with E-state index in [0.717, 1.165) is 12.8 Å². The largest absolute Gasteiger partial charge is 0.336 e. The van der Waals surface area contributed by atoms with E-state index in [2.05, 4.69) is 43.6 Å². The van der Waals surface area contributed by atoms with E-state index < -0.39 is 0 Å². The van der Waals surface area contributed by atoms with Crippen LogP contribution in [0.1, 0.15) is 61.3 Å². The summed E-state index contributed by atoms with van der Waals surface area (Å²) in [6, 6.07) is 6.57. The van der Waals surface area contributed by atoms with Gasteiger partial charge in [-0.25, -0.2) is 4.79 Å². The fourth-order valence-corrected chi connectivity index (χ4v) is 4.38. The number of piperidine rings is 1. The van der Waals surface area contributed by atoms with Gasteiger partial charge < -0.3 is 16.0 Å². The number of benzene rings is 1. The van der Waals surface area contributed by atoms with E-state index in [0.29, 0.717) is 11.1 Å². The quantitative estimate of drug-likeness (QED) is 0.704. The molecule has 1 aromatic carbocycles. The Morgan fingerprint density at radius 1 is 1.07 bits per heavy atom. The maximum Gasteiger partial charge on any atom is 0.315 e. The molecular weight excluding hydrogens is 344 g/mol. The Morgan fingerprint density at radius 2 is 1.59 bits per heavy atom. The van der Waals surface area contributed by atoms with Gasteiger partial charge in [-0.15, -0.1) is 0 Å². The lowest BCUT2D eigenvalue weighted by atomic mass is 9.80. The number of fused-ring (bicyclic) bond motifs is 1. The van der Waals surface area contributed by atoms with E-state index in [1.807, 2.05) is 0 Å². The molecule has 0 saturated carbocycles. The van der Waals surface area contributed by atoms with Gasteiger partial charge in [-0.3, -0.25) is 14.5 Å². The van der Waals surface area contributed by atoms with Crippen molar-refractivity contribution < 1.29 is 14.4 Å². The van der Waals surface area contributed by atoms with Crippen LogP contribution >= 0.6 is 0 Å². The molecule has 1 saturated heterocycles. The predicted molar refractivity (Wildman–Crippen MR) is 103 cm³/mol. The Labute approximate surface area is 159 Å². The Hall–Kier alpha value is -2.41. The third-order valence-corrected chi connectivity index (χ3v) is 5.02. The van der Waals surface area contributed by atoms with Crippen LogP contribution in [0.15, 0.2) is 24.3 Å². The van der Waals surface area contributed by atoms with Gasteiger partial charge in [-0.05, 0) is 52.7 Å². The van der Waals surface area contributed by atoms with Crippen LogP contribution in [0.25, 0.3) is 0 Å². The molecule has 0 aliphatic carbocycles. The van der Waals surface area contributed by atoms with Crippen molar-refractivity contribution in [3.8, 4) is 0 Å². The first-order valence-corrected chi connectivity index (χ1v) is 9.37. The minimum absolute atomic E-state index is 0.0557. The van der Waals surface area contributed by atoms with E-state index >= 15 is 0 Å². The van der Waals surface area contributed by atoms with E-state index in [1.165, 1.54) is 4.90 Å². The summed E-state index contributed by atoms with van der Waals surface area (Å²) in [7, 11) is 0. The van der Waals surface area contributed by atoms with Gasteiger partial charge in [0.1, 0.15) is 0 Å². The number of urea groups is 1. The van der Waals surface area contributed by atoms with Crippen molar-refractivity contribution >= 4 is 17.8 Å². The first-order chi connectivity index (χ1) is 12.6. The monoisotopic (exact) mass is 372 g/mol. The van der Waals surface area contributed by atoms with Crippen LogP contribution in [0.4, 0.5) is 4.79 Å². The molecule has 0 aromatic heterocycles. The van der Waals surface area contributed by atoms with Gasteiger partial charge >= 0.3 is 6.03 Å². The summed E-state index contributed by atoms with van der Waals surface area (Å²) in [6.45, 7) is 8.88. The minimum Gasteiger partial charge on any atom is -0.336 e.